The van der Waals surface area contributed by atoms with E-state index in [9.17, 15) is 0 Å². The number of ether oxygens (including phenoxy) is 2. The van der Waals surface area contributed by atoms with Crippen molar-refractivity contribution in [2.45, 2.75) is 31.7 Å². The van der Waals surface area contributed by atoms with Gasteiger partial charge in [-0.25, -0.2) is 0 Å². The molecule has 0 saturated heterocycles. The fourth-order valence-electron chi connectivity index (χ4n) is 2.36. The predicted octanol–water partition coefficient (Wildman–Crippen LogP) is 2.64. The highest BCUT2D eigenvalue weighted by molar-refractivity contribution is 5.33. The average molecular weight is 263 g/mol. The van der Waals surface area contributed by atoms with Crippen LogP contribution in [0.3, 0.4) is 0 Å². The fraction of sp³-hybridized carbons (Fsp3) is 0.625. The van der Waals surface area contributed by atoms with Gasteiger partial charge in [0.1, 0.15) is 5.75 Å². The van der Waals surface area contributed by atoms with Crippen molar-refractivity contribution in [2.75, 3.05) is 27.4 Å². The topological polar surface area (TPSA) is 30.5 Å². The molecular formula is C16H25NO2. The highest BCUT2D eigenvalue weighted by Crippen LogP contribution is 2.24. The van der Waals surface area contributed by atoms with Crippen LogP contribution >= 0.6 is 0 Å². The number of benzene rings is 1. The minimum absolute atomic E-state index is 0.608. The fourth-order valence-corrected chi connectivity index (χ4v) is 2.36. The molecule has 1 aliphatic carbocycles. The van der Waals surface area contributed by atoms with E-state index >= 15 is 0 Å². The SMILES string of the molecule is COCCC(CNC1CC1)Cc1ccccc1OC. The summed E-state index contributed by atoms with van der Waals surface area (Å²) in [5.74, 6) is 1.60. The summed E-state index contributed by atoms with van der Waals surface area (Å²) >= 11 is 0. The Morgan fingerprint density at radius 2 is 2.05 bits per heavy atom. The van der Waals surface area contributed by atoms with E-state index < -0.39 is 0 Å². The van der Waals surface area contributed by atoms with Crippen LogP contribution < -0.4 is 10.1 Å². The van der Waals surface area contributed by atoms with Crippen molar-refractivity contribution in [1.82, 2.24) is 5.32 Å². The zero-order valence-electron chi connectivity index (χ0n) is 12.0. The molecule has 106 valence electrons. The van der Waals surface area contributed by atoms with Crippen molar-refractivity contribution in [3.8, 4) is 5.75 Å². The normalized spacial score (nSPS) is 16.3. The Kier molecular flexibility index (Phi) is 5.67. The highest BCUT2D eigenvalue weighted by Gasteiger charge is 2.22. The van der Waals surface area contributed by atoms with Crippen LogP contribution in [-0.2, 0) is 11.2 Å². The van der Waals surface area contributed by atoms with Gasteiger partial charge in [0.2, 0.25) is 0 Å². The molecule has 0 bridgehead atoms. The first-order valence-corrected chi connectivity index (χ1v) is 7.17. The summed E-state index contributed by atoms with van der Waals surface area (Å²) in [5, 5.41) is 3.63. The van der Waals surface area contributed by atoms with Crippen LogP contribution in [0.15, 0.2) is 24.3 Å². The molecule has 1 fully saturated rings. The number of methoxy groups -OCH3 is 2. The summed E-state index contributed by atoms with van der Waals surface area (Å²) < 4.78 is 10.7. The summed E-state index contributed by atoms with van der Waals surface area (Å²) in [6.45, 7) is 1.90. The highest BCUT2D eigenvalue weighted by atomic mass is 16.5. The van der Waals surface area contributed by atoms with Crippen LogP contribution in [0.1, 0.15) is 24.8 Å². The Bertz CT molecular complexity index is 377. The number of para-hydroxylation sites is 1. The van der Waals surface area contributed by atoms with Gasteiger partial charge in [-0.3, -0.25) is 0 Å². The molecule has 1 aromatic carbocycles. The lowest BCUT2D eigenvalue weighted by Crippen LogP contribution is -2.27. The minimum atomic E-state index is 0.608. The minimum Gasteiger partial charge on any atom is -0.496 e. The Hall–Kier alpha value is -1.06. The monoisotopic (exact) mass is 263 g/mol. The molecule has 1 aromatic rings. The molecule has 0 radical (unpaired) electrons. The number of hydrogen-bond acceptors (Lipinski definition) is 3. The van der Waals surface area contributed by atoms with Gasteiger partial charge < -0.3 is 14.8 Å². The zero-order chi connectivity index (χ0) is 13.5. The van der Waals surface area contributed by atoms with Crippen molar-refractivity contribution in [3.63, 3.8) is 0 Å². The third-order valence-electron chi connectivity index (χ3n) is 3.70. The van der Waals surface area contributed by atoms with Gasteiger partial charge in [0.05, 0.1) is 7.11 Å². The first kappa shape index (κ1) is 14.4. The summed E-state index contributed by atoms with van der Waals surface area (Å²) in [6.07, 6.45) is 4.82. The van der Waals surface area contributed by atoms with Gasteiger partial charge in [-0.15, -0.1) is 0 Å². The van der Waals surface area contributed by atoms with E-state index in [1.807, 2.05) is 12.1 Å². The molecule has 3 heteroatoms. The van der Waals surface area contributed by atoms with Gasteiger partial charge >= 0.3 is 0 Å². The molecule has 0 aromatic heterocycles. The predicted molar refractivity (Wildman–Crippen MR) is 77.7 cm³/mol. The average Bonchev–Trinajstić information content (AvgIpc) is 3.26. The standard InChI is InChI=1S/C16H25NO2/c1-18-10-9-13(12-17-15-7-8-15)11-14-5-3-4-6-16(14)19-2/h3-6,13,15,17H,7-12H2,1-2H3. The third-order valence-corrected chi connectivity index (χ3v) is 3.70. The van der Waals surface area contributed by atoms with Crippen LogP contribution in [0.4, 0.5) is 0 Å². The van der Waals surface area contributed by atoms with E-state index in [1.54, 1.807) is 14.2 Å². The molecular weight excluding hydrogens is 238 g/mol. The second-order valence-corrected chi connectivity index (χ2v) is 5.35. The van der Waals surface area contributed by atoms with Crippen LogP contribution in [-0.4, -0.2) is 33.4 Å². The van der Waals surface area contributed by atoms with E-state index in [2.05, 4.69) is 17.4 Å². The smallest absolute Gasteiger partial charge is 0.122 e. The van der Waals surface area contributed by atoms with Crippen molar-refractivity contribution >= 4 is 0 Å². The second kappa shape index (κ2) is 7.51. The molecule has 19 heavy (non-hydrogen) atoms. The lowest BCUT2D eigenvalue weighted by Gasteiger charge is -2.18. The zero-order valence-corrected chi connectivity index (χ0v) is 12.0. The molecule has 1 aliphatic rings. The van der Waals surface area contributed by atoms with E-state index in [0.717, 1.165) is 37.8 Å². The van der Waals surface area contributed by atoms with E-state index in [-0.39, 0.29) is 0 Å². The second-order valence-electron chi connectivity index (χ2n) is 5.35. The number of rotatable bonds is 9. The first-order chi connectivity index (χ1) is 9.33. The lowest BCUT2D eigenvalue weighted by molar-refractivity contribution is 0.176. The number of hydrogen-bond donors (Lipinski definition) is 1. The molecule has 1 unspecified atom stereocenters. The summed E-state index contributed by atoms with van der Waals surface area (Å²) in [7, 11) is 3.51. The third kappa shape index (κ3) is 4.84. The summed E-state index contributed by atoms with van der Waals surface area (Å²) in [4.78, 5) is 0. The van der Waals surface area contributed by atoms with Crippen molar-refractivity contribution in [3.05, 3.63) is 29.8 Å². The van der Waals surface area contributed by atoms with E-state index in [4.69, 9.17) is 9.47 Å². The maximum absolute atomic E-state index is 5.44. The first-order valence-electron chi connectivity index (χ1n) is 7.17. The summed E-state index contributed by atoms with van der Waals surface area (Å²) in [5.41, 5.74) is 1.30. The molecule has 3 nitrogen and oxygen atoms in total. The Morgan fingerprint density at radius 1 is 1.26 bits per heavy atom. The Morgan fingerprint density at radius 3 is 2.74 bits per heavy atom. The van der Waals surface area contributed by atoms with Gasteiger partial charge in [0.15, 0.2) is 0 Å². The molecule has 0 heterocycles. The van der Waals surface area contributed by atoms with E-state index in [1.165, 1.54) is 18.4 Å². The van der Waals surface area contributed by atoms with Gasteiger partial charge in [0.25, 0.3) is 0 Å². The molecule has 1 saturated carbocycles. The molecule has 0 spiro atoms. The van der Waals surface area contributed by atoms with Crippen molar-refractivity contribution in [1.29, 1.82) is 0 Å². The van der Waals surface area contributed by atoms with Crippen LogP contribution in [0.5, 0.6) is 5.75 Å². The maximum atomic E-state index is 5.44. The van der Waals surface area contributed by atoms with Gasteiger partial charge in [0, 0.05) is 19.8 Å². The molecule has 2 rings (SSSR count). The number of nitrogens with one attached hydrogen (secondary N) is 1. The van der Waals surface area contributed by atoms with Gasteiger partial charge in [-0.1, -0.05) is 18.2 Å². The van der Waals surface area contributed by atoms with Crippen LogP contribution in [0.25, 0.3) is 0 Å². The molecule has 1 atom stereocenters. The summed E-state index contributed by atoms with van der Waals surface area (Å²) in [6, 6.07) is 9.07. The van der Waals surface area contributed by atoms with Gasteiger partial charge in [-0.05, 0) is 49.8 Å². The quantitative estimate of drug-likeness (QED) is 0.743. The van der Waals surface area contributed by atoms with Crippen LogP contribution in [0.2, 0.25) is 0 Å². The Labute approximate surface area is 116 Å². The largest absolute Gasteiger partial charge is 0.496 e. The van der Waals surface area contributed by atoms with Crippen LogP contribution in [0, 0.1) is 5.92 Å². The van der Waals surface area contributed by atoms with Crippen molar-refractivity contribution in [2.24, 2.45) is 5.92 Å². The van der Waals surface area contributed by atoms with E-state index in [0.29, 0.717) is 5.92 Å². The van der Waals surface area contributed by atoms with Gasteiger partial charge in [-0.2, -0.15) is 0 Å². The maximum Gasteiger partial charge on any atom is 0.122 e. The molecule has 0 amide bonds. The molecule has 1 N–H and O–H groups in total. The lowest BCUT2D eigenvalue weighted by atomic mass is 9.95. The molecule has 0 aliphatic heterocycles. The Balaban J connectivity index is 1.92. The van der Waals surface area contributed by atoms with Crippen molar-refractivity contribution < 1.29 is 9.47 Å².